The number of carboxylic acids is 1. The van der Waals surface area contributed by atoms with Crippen LogP contribution in [-0.4, -0.2) is 163 Å². The summed E-state index contributed by atoms with van der Waals surface area (Å²) in [6.07, 6.45) is -6.11. The fraction of sp³-hybridized carbons (Fsp3) is 0.706. The van der Waals surface area contributed by atoms with E-state index in [-0.39, 0.29) is 32.5 Å². The number of nitrogens with two attached hydrogens (primary N) is 1. The smallest absolute Gasteiger partial charge is 0.330 e. The lowest BCUT2D eigenvalue weighted by atomic mass is 10.0. The molecule has 6 aliphatic rings. The van der Waals surface area contributed by atoms with Crippen molar-refractivity contribution in [2.75, 3.05) is 19.8 Å². The number of aliphatic hydroxyl groups excluding tert-OH is 2. The van der Waals surface area contributed by atoms with Gasteiger partial charge in [-0.1, -0.05) is 15.3 Å². The molecule has 8 N–H and O–H groups in total. The molecule has 0 aromatic carbocycles. The minimum atomic E-state index is -2.71. The number of aromatic amines is 1. The van der Waals surface area contributed by atoms with E-state index in [1.54, 1.807) is 6.92 Å². The molecule has 13 unspecified atom stereocenters. The minimum Gasteiger partial charge on any atom is -0.481 e. The molecular weight excluding hydrogens is 945 g/mol. The number of H-pyrrole nitrogens is 1. The van der Waals surface area contributed by atoms with Gasteiger partial charge in [-0.2, -0.15) is 5.95 Å². The number of halogens is 3. The molecule has 1 aromatic rings. The van der Waals surface area contributed by atoms with Crippen LogP contribution in [0, 0.1) is 6.92 Å². The molecule has 13 atom stereocenters. The summed E-state index contributed by atoms with van der Waals surface area (Å²) >= 11 is 0. The van der Waals surface area contributed by atoms with Crippen LogP contribution in [0.5, 0.6) is 0 Å². The van der Waals surface area contributed by atoms with Crippen LogP contribution in [0.15, 0.2) is 31.1 Å². The number of imide groups is 2. The summed E-state index contributed by atoms with van der Waals surface area (Å²) in [5.41, 5.74) is 19.7. The number of amides is 6. The first-order valence-electron chi connectivity index (χ1n) is 20.4. The van der Waals surface area contributed by atoms with Crippen molar-refractivity contribution in [3.05, 3.63) is 63.9 Å². The van der Waals surface area contributed by atoms with E-state index in [1.165, 1.54) is 10.8 Å². The van der Waals surface area contributed by atoms with Crippen LogP contribution in [-0.2, 0) is 42.9 Å². The SMILES string of the molecule is CC(=O)O.CC(=O)OC1N(C2CC(N=[N+]=[N-])C(CO)O2)C(=O)NC(=O)C1(C)F.CC1(F)C(=O)NC(=O)N2C3CC(N=[N+]=[N-])C(COC21)O3.Cc1cn(C2CC(N=[N+]=[N-])C(CO)O2)c(=O)[nH]c1=O.[3H]NF. The standard InChI is InChI=1S/C12H16FN5O6.C10H12FN5O4.C10H13N5O4.C2H4O2.FH2N/c1-5(20)23-10-12(2,13)9(21)15-11(22)18(10)8-3-6(16-17-14)7(4-19)24-8;1-10(11)7(17)13-9(18)16-6-2-4(14-15-12)5(20-6)3-19-8(10)16;1-5-3-15(10(18)12-9(5)17)8-2-6(13-14-11)7(4-16)19-8;1-2(3)4;1-2/h6-8,10,19H,3-4H2,1-2H3,(H,15,21,22);4-6,8H,2-3H2,1H3,(H,13,17,18);3,6-8,16H,2,4H2,1H3,(H,12,17,18);1H3,(H,3,4);2H2/i;;;;2T. The van der Waals surface area contributed by atoms with Crippen molar-refractivity contribution >= 4 is 35.8 Å². The van der Waals surface area contributed by atoms with Crippen molar-refractivity contribution < 1.29 is 82.4 Å². The summed E-state index contributed by atoms with van der Waals surface area (Å²) in [7, 11) is 0. The van der Waals surface area contributed by atoms with E-state index in [1.807, 2.05) is 10.6 Å². The number of carbonyl (C=O) groups excluding carboxylic acids is 5. The topological polar surface area (TPSA) is 467 Å². The molecular formula is C34H47F3N16O16. The second kappa shape index (κ2) is 24.3. The van der Waals surface area contributed by atoms with E-state index in [4.69, 9.17) is 56.7 Å². The summed E-state index contributed by atoms with van der Waals surface area (Å²) in [6.45, 7) is 4.70. The molecule has 69 heavy (non-hydrogen) atoms. The highest BCUT2D eigenvalue weighted by molar-refractivity contribution is 6.02. The Bertz CT molecular complexity index is 2380. The van der Waals surface area contributed by atoms with Crippen molar-refractivity contribution in [2.24, 2.45) is 21.3 Å². The van der Waals surface area contributed by atoms with Crippen LogP contribution in [0.3, 0.4) is 0 Å². The predicted molar refractivity (Wildman–Crippen MR) is 218 cm³/mol. The molecule has 6 amide bonds. The lowest BCUT2D eigenvalue weighted by Gasteiger charge is -2.43. The van der Waals surface area contributed by atoms with E-state index in [9.17, 15) is 51.9 Å². The maximum Gasteiger partial charge on any atom is 0.330 e. The zero-order valence-electron chi connectivity index (χ0n) is 37.8. The highest BCUT2D eigenvalue weighted by Crippen LogP contribution is 2.38. The largest absolute Gasteiger partial charge is 0.481 e. The number of aliphatic hydroxyl groups is 2. The van der Waals surface area contributed by atoms with E-state index >= 15 is 0 Å². The molecule has 0 spiro atoms. The van der Waals surface area contributed by atoms with Gasteiger partial charge in [-0.05, 0) is 37.4 Å². The first-order chi connectivity index (χ1) is 32.9. The van der Waals surface area contributed by atoms with E-state index in [0.717, 1.165) is 37.5 Å². The lowest BCUT2D eigenvalue weighted by Crippen LogP contribution is -2.70. The Kier molecular flexibility index (Phi) is 19.2. The van der Waals surface area contributed by atoms with Gasteiger partial charge in [0.25, 0.3) is 23.3 Å². The molecule has 6 aliphatic heterocycles. The number of rotatable bonds is 8. The summed E-state index contributed by atoms with van der Waals surface area (Å²) in [5, 5.41) is 40.1. The van der Waals surface area contributed by atoms with Crippen LogP contribution in [0.2, 0.25) is 1.41 Å². The number of fused-ring (bicyclic) bond motifs is 4. The van der Waals surface area contributed by atoms with Gasteiger partial charge in [0.1, 0.15) is 18.7 Å². The molecule has 7 heterocycles. The monoisotopic (exact) mass is 994 g/mol. The van der Waals surface area contributed by atoms with Gasteiger partial charge in [0.15, 0.2) is 7.64 Å². The third kappa shape index (κ3) is 13.1. The summed E-state index contributed by atoms with van der Waals surface area (Å²) in [5.74, 6) is -3.52. The number of hydrogen-bond donors (Lipinski definition) is 7. The van der Waals surface area contributed by atoms with Gasteiger partial charge < -0.3 is 39.0 Å². The third-order valence-corrected chi connectivity index (χ3v) is 10.6. The summed E-state index contributed by atoms with van der Waals surface area (Å²) < 4.78 is 72.0. The van der Waals surface area contributed by atoms with Crippen molar-refractivity contribution in [2.45, 2.75) is 133 Å². The van der Waals surface area contributed by atoms with E-state index < -0.39 is 133 Å². The van der Waals surface area contributed by atoms with Crippen molar-refractivity contribution in [3.8, 4) is 0 Å². The number of aliphatic carboxylic acids is 1. The molecule has 32 nitrogen and oxygen atoms in total. The zero-order valence-corrected chi connectivity index (χ0v) is 36.8. The number of ether oxygens (including phenoxy) is 5. The second-order valence-electron chi connectivity index (χ2n) is 15.4. The number of carboxylic acid groups (broad SMARTS) is 1. The van der Waals surface area contributed by atoms with Crippen molar-refractivity contribution in [1.82, 2.24) is 30.0 Å². The minimum absolute atomic E-state index is 0.0541. The van der Waals surface area contributed by atoms with Crippen LogP contribution >= 0.6 is 0 Å². The summed E-state index contributed by atoms with van der Waals surface area (Å²) in [4.78, 5) is 102. The number of urea groups is 2. The number of aryl methyl sites for hydroxylation is 1. The Morgan fingerprint density at radius 1 is 0.855 bits per heavy atom. The zero-order chi connectivity index (χ0) is 52.8. The van der Waals surface area contributed by atoms with Crippen molar-refractivity contribution in [1.29, 1.82) is 0 Å². The molecule has 6 saturated heterocycles. The first-order valence-corrected chi connectivity index (χ1v) is 19.9. The number of alkyl halides is 2. The number of azide groups is 3. The van der Waals surface area contributed by atoms with E-state index in [2.05, 4.69) is 35.1 Å². The maximum atomic E-state index is 14.7. The van der Waals surface area contributed by atoms with Gasteiger partial charge in [-0.25, -0.2) is 23.2 Å². The molecule has 7 rings (SSSR count). The van der Waals surface area contributed by atoms with Gasteiger partial charge in [-0.3, -0.25) is 54.0 Å². The quantitative estimate of drug-likeness (QED) is 0.0596. The van der Waals surface area contributed by atoms with Gasteiger partial charge >= 0.3 is 23.7 Å². The number of carbonyl (C=O) groups is 6. The first kappa shape index (κ1) is 54.5. The average molecular weight is 995 g/mol. The maximum absolute atomic E-state index is 14.7. The molecule has 0 radical (unpaired) electrons. The molecule has 1 aromatic heterocycles. The van der Waals surface area contributed by atoms with Crippen molar-refractivity contribution in [3.63, 3.8) is 0 Å². The number of aromatic nitrogens is 2. The number of hydrogen-bond acceptors (Lipinski definition) is 19. The van der Waals surface area contributed by atoms with Crippen LogP contribution in [0.25, 0.3) is 31.3 Å². The van der Waals surface area contributed by atoms with Gasteiger partial charge in [-0.15, -0.1) is 4.48 Å². The van der Waals surface area contributed by atoms with Gasteiger partial charge in [0.05, 0.1) is 56.3 Å². The molecule has 380 valence electrons. The predicted octanol–water partition coefficient (Wildman–Crippen LogP) is 0.0826. The molecule has 35 heteroatoms. The summed E-state index contributed by atoms with van der Waals surface area (Å²) in [6, 6.07) is -3.63. The fourth-order valence-electron chi connectivity index (χ4n) is 7.34. The molecule has 0 saturated carbocycles. The van der Waals surface area contributed by atoms with E-state index in [0.29, 0.717) is 11.5 Å². The Balaban J connectivity index is 0.000000261. The highest BCUT2D eigenvalue weighted by Gasteiger charge is 2.59. The lowest BCUT2D eigenvalue weighted by molar-refractivity contribution is -0.197. The Hall–Kier alpha value is -7.06. The third-order valence-electron chi connectivity index (χ3n) is 10.6. The number of nitrogens with one attached hydrogen (secondary N) is 3. The van der Waals surface area contributed by atoms with Gasteiger partial charge in [0.2, 0.25) is 17.6 Å². The number of esters is 1. The van der Waals surface area contributed by atoms with Crippen LogP contribution in [0.4, 0.5) is 22.9 Å². The average Bonchev–Trinajstić information content (AvgIpc) is 3.95. The number of nitrogens with zero attached hydrogens (tertiary/aromatic N) is 12. The second-order valence-corrected chi connectivity index (χ2v) is 15.4. The fourth-order valence-corrected chi connectivity index (χ4v) is 7.34. The Morgan fingerprint density at radius 3 is 1.81 bits per heavy atom. The molecule has 2 bridgehead atoms. The normalized spacial score (nSPS) is 33.0. The Labute approximate surface area is 386 Å². The Morgan fingerprint density at radius 2 is 1.30 bits per heavy atom. The van der Waals surface area contributed by atoms with Crippen LogP contribution < -0.4 is 27.8 Å². The molecule has 6 fully saturated rings. The highest BCUT2D eigenvalue weighted by atomic mass is 19.2. The van der Waals surface area contributed by atoms with Gasteiger partial charge in [0, 0.05) is 59.6 Å². The molecule has 0 aliphatic carbocycles. The van der Waals surface area contributed by atoms with Crippen LogP contribution in [0.1, 0.15) is 58.7 Å².